The molecule has 1 aromatic carbocycles. The first-order valence-electron chi connectivity index (χ1n) is 10.5. The van der Waals surface area contributed by atoms with Crippen LogP contribution in [0.5, 0.6) is 0 Å². The summed E-state index contributed by atoms with van der Waals surface area (Å²) < 4.78 is 0. The van der Waals surface area contributed by atoms with Crippen LogP contribution < -0.4 is 0 Å². The summed E-state index contributed by atoms with van der Waals surface area (Å²) in [5.41, 5.74) is 2.73. The number of aliphatic hydroxyl groups is 1. The highest BCUT2D eigenvalue weighted by Crippen LogP contribution is 2.41. The van der Waals surface area contributed by atoms with Crippen molar-refractivity contribution in [3.63, 3.8) is 0 Å². The fraction of sp³-hybridized carbons (Fsp3) is 0.545. The maximum absolute atomic E-state index is 13.3. The van der Waals surface area contributed by atoms with Crippen molar-refractivity contribution >= 4 is 5.91 Å². The lowest BCUT2D eigenvalue weighted by Crippen LogP contribution is -2.65. The number of carbonyl (C=O) groups excluding carboxylic acids is 1. The fourth-order valence-electron chi connectivity index (χ4n) is 5.75. The van der Waals surface area contributed by atoms with E-state index in [1.165, 1.54) is 19.3 Å². The highest BCUT2D eigenvalue weighted by Gasteiger charge is 2.47. The van der Waals surface area contributed by atoms with Gasteiger partial charge in [-0.1, -0.05) is 18.6 Å². The zero-order valence-corrected chi connectivity index (χ0v) is 16.1. The largest absolute Gasteiger partial charge is 0.395 e. The average molecular weight is 380 g/mol. The van der Waals surface area contributed by atoms with Crippen molar-refractivity contribution in [1.82, 2.24) is 20.0 Å². The number of amides is 1. The van der Waals surface area contributed by atoms with Crippen LogP contribution in [-0.4, -0.2) is 69.3 Å². The molecule has 0 aliphatic carbocycles. The van der Waals surface area contributed by atoms with Crippen LogP contribution in [0.1, 0.15) is 36.0 Å². The summed E-state index contributed by atoms with van der Waals surface area (Å²) in [6.07, 6.45) is 8.46. The van der Waals surface area contributed by atoms with Crippen molar-refractivity contribution < 1.29 is 9.90 Å². The molecule has 0 unspecified atom stereocenters. The van der Waals surface area contributed by atoms with Crippen molar-refractivity contribution in [2.75, 3.05) is 26.2 Å². The first-order chi connectivity index (χ1) is 13.7. The zero-order chi connectivity index (χ0) is 19.1. The number of benzene rings is 1. The molecular formula is C22H28N4O2. The predicted molar refractivity (Wildman–Crippen MR) is 107 cm³/mol. The number of fused-ring (bicyclic) bond motifs is 4. The topological polar surface area (TPSA) is 72.5 Å². The number of nitrogens with one attached hydrogen (secondary N) is 1. The number of piperidine rings is 3. The molecule has 0 spiro atoms. The fourth-order valence-corrected chi connectivity index (χ4v) is 5.75. The third-order valence-electron chi connectivity index (χ3n) is 7.04. The molecule has 4 atom stereocenters. The van der Waals surface area contributed by atoms with Gasteiger partial charge >= 0.3 is 0 Å². The average Bonchev–Trinajstić information content (AvgIpc) is 3.29. The number of hydrogen-bond acceptors (Lipinski definition) is 4. The third-order valence-corrected chi connectivity index (χ3v) is 7.04. The second-order valence-electron chi connectivity index (χ2n) is 8.58. The highest BCUT2D eigenvalue weighted by molar-refractivity contribution is 5.95. The molecule has 28 heavy (non-hydrogen) atoms. The molecule has 6 nitrogen and oxygen atoms in total. The first-order valence-corrected chi connectivity index (χ1v) is 10.5. The molecule has 5 rings (SSSR count). The van der Waals surface area contributed by atoms with Gasteiger partial charge in [0.2, 0.25) is 0 Å². The molecule has 3 fully saturated rings. The molecule has 4 heterocycles. The molecule has 1 aromatic heterocycles. The number of H-pyrrole nitrogens is 1. The minimum atomic E-state index is 0.112. The Labute approximate surface area is 165 Å². The zero-order valence-electron chi connectivity index (χ0n) is 16.1. The molecule has 1 amide bonds. The van der Waals surface area contributed by atoms with Crippen LogP contribution in [-0.2, 0) is 0 Å². The number of nitrogens with zero attached hydrogens (tertiary/aromatic N) is 3. The Morgan fingerprint density at radius 1 is 1.21 bits per heavy atom. The van der Waals surface area contributed by atoms with Crippen molar-refractivity contribution in [3.8, 4) is 11.1 Å². The second-order valence-corrected chi connectivity index (χ2v) is 8.58. The van der Waals surface area contributed by atoms with E-state index in [-0.39, 0.29) is 18.6 Å². The molecule has 3 aliphatic rings. The Morgan fingerprint density at radius 2 is 2.11 bits per heavy atom. The lowest BCUT2D eigenvalue weighted by molar-refractivity contribution is -0.0795. The third kappa shape index (κ3) is 3.05. The van der Waals surface area contributed by atoms with Crippen LogP contribution >= 0.6 is 0 Å². The van der Waals surface area contributed by atoms with Gasteiger partial charge in [-0.15, -0.1) is 0 Å². The van der Waals surface area contributed by atoms with Crippen LogP contribution in [0, 0.1) is 11.8 Å². The van der Waals surface area contributed by atoms with E-state index < -0.39 is 0 Å². The van der Waals surface area contributed by atoms with E-state index in [9.17, 15) is 9.90 Å². The van der Waals surface area contributed by atoms with E-state index in [1.54, 1.807) is 6.20 Å². The van der Waals surface area contributed by atoms with Crippen LogP contribution in [0.2, 0.25) is 0 Å². The summed E-state index contributed by atoms with van der Waals surface area (Å²) in [6.45, 7) is 2.89. The Kier molecular flexibility index (Phi) is 4.69. The van der Waals surface area contributed by atoms with Crippen LogP contribution in [0.25, 0.3) is 11.1 Å². The monoisotopic (exact) mass is 380 g/mol. The van der Waals surface area contributed by atoms with Gasteiger partial charge in [-0.25, -0.2) is 0 Å². The standard InChI is InChI=1S/C22H28N4O2/c27-14-21-18-9-17(20-6-1-2-7-26(20)21)12-25(13-18)22(28)16-5-3-4-15(8-16)19-10-23-24-11-19/h3-5,8,10-11,17-18,20-21,27H,1-2,6-7,9,12-14H2,(H,23,24)/t17-,18+,20+,21+/m1/s1. The summed E-state index contributed by atoms with van der Waals surface area (Å²) in [4.78, 5) is 17.9. The molecular weight excluding hydrogens is 352 g/mol. The maximum atomic E-state index is 13.3. The molecule has 2 N–H and O–H groups in total. The Balaban J connectivity index is 1.39. The number of aliphatic hydroxyl groups excluding tert-OH is 1. The van der Waals surface area contributed by atoms with E-state index in [0.717, 1.165) is 42.7 Å². The van der Waals surface area contributed by atoms with Gasteiger partial charge in [0.25, 0.3) is 5.91 Å². The van der Waals surface area contributed by atoms with Gasteiger partial charge in [0.1, 0.15) is 0 Å². The molecule has 2 bridgehead atoms. The van der Waals surface area contributed by atoms with Gasteiger partial charge in [0, 0.05) is 42.5 Å². The number of likely N-dealkylation sites (tertiary alicyclic amines) is 1. The predicted octanol–water partition coefficient (Wildman–Crippen LogP) is 2.38. The van der Waals surface area contributed by atoms with Crippen LogP contribution in [0.15, 0.2) is 36.7 Å². The molecule has 148 valence electrons. The lowest BCUT2D eigenvalue weighted by Gasteiger charge is -2.56. The van der Waals surface area contributed by atoms with Crippen molar-refractivity contribution in [1.29, 1.82) is 0 Å². The minimum absolute atomic E-state index is 0.112. The summed E-state index contributed by atoms with van der Waals surface area (Å²) in [6, 6.07) is 8.55. The summed E-state index contributed by atoms with van der Waals surface area (Å²) in [5.74, 6) is 1.02. The summed E-state index contributed by atoms with van der Waals surface area (Å²) in [5, 5.41) is 16.9. The number of hydrogen-bond donors (Lipinski definition) is 2. The Hall–Kier alpha value is -2.18. The normalized spacial score (nSPS) is 30.1. The smallest absolute Gasteiger partial charge is 0.253 e. The van der Waals surface area contributed by atoms with E-state index in [1.807, 2.05) is 35.4 Å². The molecule has 3 saturated heterocycles. The molecule has 0 saturated carbocycles. The van der Waals surface area contributed by atoms with E-state index in [0.29, 0.717) is 17.9 Å². The van der Waals surface area contributed by atoms with E-state index >= 15 is 0 Å². The van der Waals surface area contributed by atoms with Gasteiger partial charge in [0.15, 0.2) is 0 Å². The van der Waals surface area contributed by atoms with Crippen molar-refractivity contribution in [3.05, 3.63) is 42.2 Å². The maximum Gasteiger partial charge on any atom is 0.253 e. The summed E-state index contributed by atoms with van der Waals surface area (Å²) in [7, 11) is 0. The number of aromatic nitrogens is 2. The molecule has 0 radical (unpaired) electrons. The molecule has 2 aromatic rings. The van der Waals surface area contributed by atoms with Crippen LogP contribution in [0.3, 0.4) is 0 Å². The number of rotatable bonds is 3. The molecule has 3 aliphatic heterocycles. The summed E-state index contributed by atoms with van der Waals surface area (Å²) >= 11 is 0. The van der Waals surface area contributed by atoms with Crippen molar-refractivity contribution in [2.24, 2.45) is 11.8 Å². The van der Waals surface area contributed by atoms with Gasteiger partial charge in [-0.3, -0.25) is 14.8 Å². The van der Waals surface area contributed by atoms with E-state index in [4.69, 9.17) is 0 Å². The highest BCUT2D eigenvalue weighted by atomic mass is 16.3. The van der Waals surface area contributed by atoms with Gasteiger partial charge in [-0.05, 0) is 55.3 Å². The quantitative estimate of drug-likeness (QED) is 0.858. The Morgan fingerprint density at radius 3 is 2.93 bits per heavy atom. The number of carbonyl (C=O) groups is 1. The second kappa shape index (κ2) is 7.33. The molecule has 6 heteroatoms. The van der Waals surface area contributed by atoms with Gasteiger partial charge in [0.05, 0.1) is 12.8 Å². The lowest BCUT2D eigenvalue weighted by atomic mass is 9.72. The number of aromatic amines is 1. The Bertz CT molecular complexity index is 823. The van der Waals surface area contributed by atoms with Crippen LogP contribution in [0.4, 0.5) is 0 Å². The van der Waals surface area contributed by atoms with E-state index in [2.05, 4.69) is 15.1 Å². The van der Waals surface area contributed by atoms with Crippen molar-refractivity contribution in [2.45, 2.75) is 37.8 Å². The van der Waals surface area contributed by atoms with Gasteiger partial charge in [-0.2, -0.15) is 5.10 Å². The SMILES string of the molecule is O=C(c1cccc(-c2cn[nH]c2)c1)N1C[C@H]2C[C@@H](C1)[C@H](CO)N1CCCC[C@@H]21. The first kappa shape index (κ1) is 17.9. The minimum Gasteiger partial charge on any atom is -0.395 e. The van der Waals surface area contributed by atoms with Gasteiger partial charge < -0.3 is 10.0 Å².